The molecule has 0 bridgehead atoms. The first-order valence-corrected chi connectivity index (χ1v) is 7.04. The number of benzene rings is 1. The second-order valence-corrected chi connectivity index (χ2v) is 5.86. The van der Waals surface area contributed by atoms with Gasteiger partial charge in [-0.2, -0.15) is 0 Å². The van der Waals surface area contributed by atoms with Gasteiger partial charge in [0.25, 0.3) is 10.0 Å². The fourth-order valence-corrected chi connectivity index (χ4v) is 2.77. The molecule has 1 aromatic carbocycles. The molecule has 0 amide bonds. The van der Waals surface area contributed by atoms with Crippen molar-refractivity contribution in [2.24, 2.45) is 0 Å². The topological polar surface area (TPSA) is 59.1 Å². The largest absolute Gasteiger partial charge is 0.280 e. The van der Waals surface area contributed by atoms with E-state index in [4.69, 9.17) is 11.6 Å². The molecule has 0 saturated carbocycles. The maximum absolute atomic E-state index is 12.1. The summed E-state index contributed by atoms with van der Waals surface area (Å²) in [4.78, 5) is 3.83. The lowest BCUT2D eigenvalue weighted by Gasteiger charge is -2.08. The fraction of sp³-hybridized carbons (Fsp3) is 0.0833. The van der Waals surface area contributed by atoms with Crippen LogP contribution in [0.25, 0.3) is 0 Å². The number of anilines is 1. The Morgan fingerprint density at radius 2 is 2.00 bits per heavy atom. The number of aryl methyl sites for hydroxylation is 1. The zero-order chi connectivity index (χ0) is 13.2. The van der Waals surface area contributed by atoms with Gasteiger partial charge < -0.3 is 0 Å². The molecule has 0 aliphatic rings. The van der Waals surface area contributed by atoms with Gasteiger partial charge in [0, 0.05) is 11.9 Å². The molecule has 1 N–H and O–H groups in total. The first kappa shape index (κ1) is 12.9. The Labute approximate surface area is 111 Å². The zero-order valence-electron chi connectivity index (χ0n) is 9.59. The molecule has 4 nitrogen and oxygen atoms in total. The number of halogens is 1. The average Bonchev–Trinajstić information content (AvgIpc) is 2.28. The predicted molar refractivity (Wildman–Crippen MR) is 71.2 cm³/mol. The van der Waals surface area contributed by atoms with E-state index in [9.17, 15) is 8.42 Å². The van der Waals surface area contributed by atoms with Crippen LogP contribution in [0.4, 0.5) is 5.69 Å². The third-order valence-electron chi connectivity index (χ3n) is 2.28. The minimum atomic E-state index is -3.63. The van der Waals surface area contributed by atoms with Crippen LogP contribution >= 0.6 is 11.6 Å². The Balaban J connectivity index is 2.33. The molecule has 0 atom stereocenters. The van der Waals surface area contributed by atoms with Gasteiger partial charge in [0.05, 0.1) is 4.90 Å². The molecule has 2 rings (SSSR count). The van der Waals surface area contributed by atoms with E-state index in [1.54, 1.807) is 18.2 Å². The van der Waals surface area contributed by atoms with E-state index in [0.29, 0.717) is 5.69 Å². The molecule has 6 heteroatoms. The Morgan fingerprint density at radius 1 is 1.22 bits per heavy atom. The summed E-state index contributed by atoms with van der Waals surface area (Å²) in [7, 11) is -3.63. The summed E-state index contributed by atoms with van der Waals surface area (Å²) in [6, 6.07) is 9.81. The number of nitrogens with one attached hydrogen (secondary N) is 1. The lowest BCUT2D eigenvalue weighted by molar-refractivity contribution is 0.601. The first-order chi connectivity index (χ1) is 8.47. The second kappa shape index (κ2) is 4.96. The summed E-state index contributed by atoms with van der Waals surface area (Å²) in [5.41, 5.74) is 1.49. The summed E-state index contributed by atoms with van der Waals surface area (Å²) >= 11 is 5.68. The number of nitrogens with zero attached hydrogens (tertiary/aromatic N) is 1. The van der Waals surface area contributed by atoms with Crippen LogP contribution in [-0.2, 0) is 10.0 Å². The van der Waals surface area contributed by atoms with Crippen molar-refractivity contribution < 1.29 is 8.42 Å². The third kappa shape index (κ3) is 3.00. The van der Waals surface area contributed by atoms with E-state index in [-0.39, 0.29) is 10.0 Å². The Kier molecular flexibility index (Phi) is 3.54. The van der Waals surface area contributed by atoms with Crippen molar-refractivity contribution in [1.82, 2.24) is 4.98 Å². The first-order valence-electron chi connectivity index (χ1n) is 5.18. The molecule has 0 spiro atoms. The van der Waals surface area contributed by atoms with Gasteiger partial charge in [0.2, 0.25) is 0 Å². The molecule has 0 aliphatic heterocycles. The van der Waals surface area contributed by atoms with Gasteiger partial charge in [-0.3, -0.25) is 4.72 Å². The molecule has 0 unspecified atom stereocenters. The van der Waals surface area contributed by atoms with Gasteiger partial charge in [-0.25, -0.2) is 13.4 Å². The van der Waals surface area contributed by atoms with Crippen LogP contribution in [0, 0.1) is 6.92 Å². The van der Waals surface area contributed by atoms with Gasteiger partial charge in [-0.05, 0) is 36.8 Å². The smallest absolute Gasteiger partial charge is 0.262 e. The number of aromatic nitrogens is 1. The molecule has 1 aromatic heterocycles. The lowest BCUT2D eigenvalue weighted by atomic mass is 10.2. The summed E-state index contributed by atoms with van der Waals surface area (Å²) in [5.74, 6) is 0. The summed E-state index contributed by atoms with van der Waals surface area (Å²) in [6.07, 6.45) is 1.35. The highest BCUT2D eigenvalue weighted by molar-refractivity contribution is 7.92. The van der Waals surface area contributed by atoms with E-state index >= 15 is 0 Å². The molecule has 0 saturated heterocycles. The van der Waals surface area contributed by atoms with Crippen molar-refractivity contribution in [1.29, 1.82) is 0 Å². The van der Waals surface area contributed by atoms with Gasteiger partial charge in [0.15, 0.2) is 0 Å². The Hall–Kier alpha value is -1.59. The van der Waals surface area contributed by atoms with E-state index in [2.05, 4.69) is 9.71 Å². The number of hydrogen-bond acceptors (Lipinski definition) is 3. The number of rotatable bonds is 3. The van der Waals surface area contributed by atoms with E-state index in [0.717, 1.165) is 5.56 Å². The van der Waals surface area contributed by atoms with Crippen molar-refractivity contribution in [2.75, 3.05) is 4.72 Å². The SMILES string of the molecule is Cc1cccc(NS(=O)(=O)c2ccnc(Cl)c2)c1. The van der Waals surface area contributed by atoms with Crippen LogP contribution in [0.2, 0.25) is 5.15 Å². The maximum Gasteiger partial charge on any atom is 0.262 e. The van der Waals surface area contributed by atoms with Crippen molar-refractivity contribution in [3.05, 3.63) is 53.3 Å². The van der Waals surface area contributed by atoms with Crippen molar-refractivity contribution in [2.45, 2.75) is 11.8 Å². The van der Waals surface area contributed by atoms with E-state index < -0.39 is 10.0 Å². The summed E-state index contributed by atoms with van der Waals surface area (Å²) in [6.45, 7) is 1.89. The summed E-state index contributed by atoms with van der Waals surface area (Å²) < 4.78 is 26.6. The van der Waals surface area contributed by atoms with Crippen LogP contribution in [0.15, 0.2) is 47.5 Å². The predicted octanol–water partition coefficient (Wildman–Crippen LogP) is 2.84. The number of sulfonamides is 1. The summed E-state index contributed by atoms with van der Waals surface area (Å²) in [5, 5.41) is 0.141. The van der Waals surface area contributed by atoms with Gasteiger partial charge in [-0.15, -0.1) is 0 Å². The minimum Gasteiger partial charge on any atom is -0.280 e. The molecule has 2 aromatic rings. The highest BCUT2D eigenvalue weighted by Crippen LogP contribution is 2.18. The molecule has 94 valence electrons. The van der Waals surface area contributed by atoms with Crippen LogP contribution in [-0.4, -0.2) is 13.4 Å². The lowest BCUT2D eigenvalue weighted by Crippen LogP contribution is -2.13. The van der Waals surface area contributed by atoms with Crippen molar-refractivity contribution in [3.63, 3.8) is 0 Å². The molecule has 18 heavy (non-hydrogen) atoms. The van der Waals surface area contributed by atoms with Crippen LogP contribution in [0.5, 0.6) is 0 Å². The number of hydrogen-bond donors (Lipinski definition) is 1. The van der Waals surface area contributed by atoms with Gasteiger partial charge in [-0.1, -0.05) is 23.7 Å². The minimum absolute atomic E-state index is 0.0870. The van der Waals surface area contributed by atoms with Gasteiger partial charge in [0.1, 0.15) is 5.15 Å². The molecule has 0 radical (unpaired) electrons. The second-order valence-electron chi connectivity index (χ2n) is 3.79. The van der Waals surface area contributed by atoms with Crippen molar-refractivity contribution in [3.8, 4) is 0 Å². The van der Waals surface area contributed by atoms with E-state index in [1.807, 2.05) is 13.0 Å². The standard InChI is InChI=1S/C12H11ClN2O2S/c1-9-3-2-4-10(7-9)15-18(16,17)11-5-6-14-12(13)8-11/h2-8,15H,1H3. The Morgan fingerprint density at radius 3 is 2.67 bits per heavy atom. The number of pyridine rings is 1. The Bertz CT molecular complexity index is 671. The monoisotopic (exact) mass is 282 g/mol. The molecular formula is C12H11ClN2O2S. The van der Waals surface area contributed by atoms with Crippen LogP contribution < -0.4 is 4.72 Å². The molecule has 1 heterocycles. The normalized spacial score (nSPS) is 11.2. The average molecular weight is 283 g/mol. The highest BCUT2D eigenvalue weighted by Gasteiger charge is 2.14. The van der Waals surface area contributed by atoms with Crippen LogP contribution in [0.1, 0.15) is 5.56 Å². The highest BCUT2D eigenvalue weighted by atomic mass is 35.5. The fourth-order valence-electron chi connectivity index (χ4n) is 1.47. The maximum atomic E-state index is 12.1. The third-order valence-corrected chi connectivity index (χ3v) is 3.86. The molecule has 0 aliphatic carbocycles. The van der Waals surface area contributed by atoms with Crippen molar-refractivity contribution >= 4 is 27.3 Å². The quantitative estimate of drug-likeness (QED) is 0.881. The van der Waals surface area contributed by atoms with Crippen LogP contribution in [0.3, 0.4) is 0 Å². The molecular weight excluding hydrogens is 272 g/mol. The van der Waals surface area contributed by atoms with E-state index in [1.165, 1.54) is 18.3 Å². The zero-order valence-corrected chi connectivity index (χ0v) is 11.2. The van der Waals surface area contributed by atoms with Gasteiger partial charge >= 0.3 is 0 Å². The molecule has 0 fully saturated rings.